The quantitative estimate of drug-likeness (QED) is 0.480. The van der Waals surface area contributed by atoms with Crippen molar-refractivity contribution in [2.24, 2.45) is 10.9 Å². The molecule has 2 aliphatic rings. The van der Waals surface area contributed by atoms with Gasteiger partial charge in [0, 0.05) is 45.3 Å². The number of para-hydroxylation sites is 1. The molecule has 4 rings (SSSR count). The number of ether oxygens (including phenoxy) is 2. The van der Waals surface area contributed by atoms with E-state index in [9.17, 15) is 0 Å². The number of benzene rings is 2. The molecule has 1 saturated heterocycles. The third-order valence-corrected chi connectivity index (χ3v) is 5.88. The summed E-state index contributed by atoms with van der Waals surface area (Å²) in [6.07, 6.45) is 2.59. The largest absolute Gasteiger partial charge is 0.493 e. The van der Waals surface area contributed by atoms with Crippen LogP contribution >= 0.6 is 0 Å². The molecule has 1 saturated carbocycles. The minimum absolute atomic E-state index is 0.677. The zero-order valence-corrected chi connectivity index (χ0v) is 18.5. The molecule has 6 nitrogen and oxygen atoms in total. The smallest absolute Gasteiger partial charge is 0.191 e. The summed E-state index contributed by atoms with van der Waals surface area (Å²) in [7, 11) is 1.81. The Hall–Kier alpha value is -2.57. The normalized spacial score (nSPS) is 17.4. The predicted molar refractivity (Wildman–Crippen MR) is 124 cm³/mol. The Morgan fingerprint density at radius 3 is 2.32 bits per heavy atom. The van der Waals surface area contributed by atoms with Crippen LogP contribution in [0, 0.1) is 5.92 Å². The lowest BCUT2D eigenvalue weighted by Gasteiger charge is -2.27. The van der Waals surface area contributed by atoms with E-state index in [0.717, 1.165) is 69.2 Å². The molecule has 2 N–H and O–H groups in total. The summed E-state index contributed by atoms with van der Waals surface area (Å²) in [5.41, 5.74) is 3.80. The van der Waals surface area contributed by atoms with Crippen LogP contribution < -0.4 is 15.4 Å². The van der Waals surface area contributed by atoms with Gasteiger partial charge in [-0.1, -0.05) is 42.5 Å². The van der Waals surface area contributed by atoms with E-state index >= 15 is 0 Å². The van der Waals surface area contributed by atoms with Crippen molar-refractivity contribution < 1.29 is 9.47 Å². The van der Waals surface area contributed by atoms with Gasteiger partial charge in [0.05, 0.1) is 19.8 Å². The highest BCUT2D eigenvalue weighted by Gasteiger charge is 2.22. The van der Waals surface area contributed by atoms with Crippen LogP contribution in [0.15, 0.2) is 53.5 Å². The molecule has 1 aliphatic heterocycles. The number of hydrogen-bond donors (Lipinski definition) is 2. The van der Waals surface area contributed by atoms with Gasteiger partial charge in [0.25, 0.3) is 0 Å². The molecule has 2 aromatic carbocycles. The van der Waals surface area contributed by atoms with Crippen LogP contribution in [-0.4, -0.2) is 50.8 Å². The summed E-state index contributed by atoms with van der Waals surface area (Å²) in [6, 6.07) is 16.9. The summed E-state index contributed by atoms with van der Waals surface area (Å²) in [5, 5.41) is 6.90. The average molecular weight is 423 g/mol. The molecular formula is C25H34N4O2. The molecule has 1 aliphatic carbocycles. The molecule has 6 heteroatoms. The van der Waals surface area contributed by atoms with Gasteiger partial charge in [0.1, 0.15) is 5.75 Å². The van der Waals surface area contributed by atoms with Gasteiger partial charge >= 0.3 is 0 Å². The highest BCUT2D eigenvalue weighted by Crippen LogP contribution is 2.30. The average Bonchev–Trinajstić information content (AvgIpc) is 3.65. The molecule has 1 heterocycles. The molecular weight excluding hydrogens is 388 g/mol. The van der Waals surface area contributed by atoms with Gasteiger partial charge < -0.3 is 20.1 Å². The number of guanidine groups is 1. The first kappa shape index (κ1) is 21.7. The summed E-state index contributed by atoms with van der Waals surface area (Å²) >= 11 is 0. The number of nitrogens with one attached hydrogen (secondary N) is 2. The van der Waals surface area contributed by atoms with Crippen LogP contribution in [0.1, 0.15) is 29.5 Å². The second-order valence-corrected chi connectivity index (χ2v) is 8.30. The van der Waals surface area contributed by atoms with E-state index in [1.807, 2.05) is 13.1 Å². The fourth-order valence-electron chi connectivity index (χ4n) is 3.75. The van der Waals surface area contributed by atoms with Crippen molar-refractivity contribution in [2.45, 2.75) is 32.5 Å². The van der Waals surface area contributed by atoms with Crippen LogP contribution in [0.3, 0.4) is 0 Å². The van der Waals surface area contributed by atoms with E-state index in [1.54, 1.807) is 0 Å². The number of aliphatic imine (C=N–C) groups is 1. The van der Waals surface area contributed by atoms with E-state index in [-0.39, 0.29) is 0 Å². The molecule has 0 spiro atoms. The fourth-order valence-corrected chi connectivity index (χ4v) is 3.75. The Balaban J connectivity index is 1.30. The van der Waals surface area contributed by atoms with Gasteiger partial charge in [-0.3, -0.25) is 9.89 Å². The first-order valence-electron chi connectivity index (χ1n) is 11.3. The second-order valence-electron chi connectivity index (χ2n) is 8.30. The van der Waals surface area contributed by atoms with Crippen LogP contribution in [0.5, 0.6) is 5.75 Å². The zero-order chi connectivity index (χ0) is 21.3. The summed E-state index contributed by atoms with van der Waals surface area (Å²) in [4.78, 5) is 6.86. The molecule has 0 radical (unpaired) electrons. The molecule has 2 fully saturated rings. The van der Waals surface area contributed by atoms with Gasteiger partial charge in [-0.05, 0) is 36.0 Å². The van der Waals surface area contributed by atoms with Crippen molar-refractivity contribution >= 4 is 5.96 Å². The van der Waals surface area contributed by atoms with Gasteiger partial charge in [0.2, 0.25) is 0 Å². The van der Waals surface area contributed by atoms with Crippen LogP contribution in [0.25, 0.3) is 0 Å². The maximum Gasteiger partial charge on any atom is 0.191 e. The fraction of sp³-hybridized carbons (Fsp3) is 0.480. The Morgan fingerprint density at radius 2 is 1.61 bits per heavy atom. The topological polar surface area (TPSA) is 58.1 Å². The summed E-state index contributed by atoms with van der Waals surface area (Å²) in [5.74, 6) is 2.50. The van der Waals surface area contributed by atoms with Gasteiger partial charge in [-0.25, -0.2) is 0 Å². The highest BCUT2D eigenvalue weighted by atomic mass is 16.5. The Kier molecular flexibility index (Phi) is 7.80. The number of morpholine rings is 1. The van der Waals surface area contributed by atoms with Gasteiger partial charge in [0.15, 0.2) is 5.96 Å². The van der Waals surface area contributed by atoms with Gasteiger partial charge in [-0.15, -0.1) is 0 Å². The molecule has 166 valence electrons. The molecule has 0 amide bonds. The van der Waals surface area contributed by atoms with Crippen molar-refractivity contribution in [3.63, 3.8) is 0 Å². The second kappa shape index (κ2) is 11.2. The van der Waals surface area contributed by atoms with E-state index in [0.29, 0.717) is 6.54 Å². The van der Waals surface area contributed by atoms with E-state index in [1.165, 1.54) is 24.0 Å². The van der Waals surface area contributed by atoms with Crippen molar-refractivity contribution in [3.8, 4) is 5.75 Å². The lowest BCUT2D eigenvalue weighted by atomic mass is 10.1. The van der Waals surface area contributed by atoms with Crippen molar-refractivity contribution in [1.29, 1.82) is 0 Å². The van der Waals surface area contributed by atoms with E-state index < -0.39 is 0 Å². The highest BCUT2D eigenvalue weighted by molar-refractivity contribution is 5.79. The van der Waals surface area contributed by atoms with Crippen LogP contribution in [0.2, 0.25) is 0 Å². The Bertz CT molecular complexity index is 860. The van der Waals surface area contributed by atoms with Crippen LogP contribution in [0.4, 0.5) is 0 Å². The third kappa shape index (κ3) is 6.71. The lowest BCUT2D eigenvalue weighted by molar-refractivity contribution is 0.0341. The Morgan fingerprint density at radius 1 is 0.968 bits per heavy atom. The lowest BCUT2D eigenvalue weighted by Crippen LogP contribution is -2.37. The minimum Gasteiger partial charge on any atom is -0.493 e. The van der Waals surface area contributed by atoms with E-state index in [2.05, 4.69) is 63.0 Å². The summed E-state index contributed by atoms with van der Waals surface area (Å²) < 4.78 is 11.5. The molecule has 0 bridgehead atoms. The maximum absolute atomic E-state index is 6.03. The molecule has 0 aromatic heterocycles. The third-order valence-electron chi connectivity index (χ3n) is 5.88. The molecule has 31 heavy (non-hydrogen) atoms. The summed E-state index contributed by atoms with van der Waals surface area (Å²) in [6.45, 7) is 6.82. The number of hydrogen-bond acceptors (Lipinski definition) is 4. The molecule has 2 aromatic rings. The van der Waals surface area contributed by atoms with E-state index in [4.69, 9.17) is 9.47 Å². The maximum atomic E-state index is 6.03. The molecule has 0 atom stereocenters. The standard InChI is InChI=1S/C25H34N4O2/c1-26-25(28-17-22-7-4-5-9-24(22)31-19-20-10-11-20)27-16-21-6-2-3-8-23(21)18-29-12-14-30-15-13-29/h2-9,20H,10-19H2,1H3,(H2,26,27,28). The number of nitrogens with zero attached hydrogens (tertiary/aromatic N) is 2. The number of rotatable bonds is 9. The SMILES string of the molecule is CN=C(NCc1ccccc1CN1CCOCC1)NCc1ccccc1OCC1CC1. The van der Waals surface area contributed by atoms with Crippen molar-refractivity contribution in [3.05, 3.63) is 65.2 Å². The minimum atomic E-state index is 0.677. The zero-order valence-electron chi connectivity index (χ0n) is 18.5. The molecule has 0 unspecified atom stereocenters. The first-order chi connectivity index (χ1) is 15.3. The first-order valence-corrected chi connectivity index (χ1v) is 11.3. The Labute approximate surface area is 185 Å². The van der Waals surface area contributed by atoms with Crippen molar-refractivity contribution in [1.82, 2.24) is 15.5 Å². The van der Waals surface area contributed by atoms with Crippen LogP contribution in [-0.2, 0) is 24.4 Å². The predicted octanol–water partition coefficient (Wildman–Crippen LogP) is 3.17. The van der Waals surface area contributed by atoms with Crippen molar-refractivity contribution in [2.75, 3.05) is 40.0 Å². The van der Waals surface area contributed by atoms with Gasteiger partial charge in [-0.2, -0.15) is 0 Å². The monoisotopic (exact) mass is 422 g/mol.